The summed E-state index contributed by atoms with van der Waals surface area (Å²) in [7, 11) is 3.70. The first-order chi connectivity index (χ1) is 12.9. The minimum atomic E-state index is -0.947. The van der Waals surface area contributed by atoms with Crippen molar-refractivity contribution in [2.24, 2.45) is 0 Å². The largest absolute Gasteiger partial charge is 0.478 e. The van der Waals surface area contributed by atoms with Crippen LogP contribution < -0.4 is 0 Å². The molecule has 2 heterocycles. The Balaban J connectivity index is 2.03. The Kier molecular flexibility index (Phi) is 5.82. The molecular formula is C20H26FN3O3. The van der Waals surface area contributed by atoms with Crippen molar-refractivity contribution >= 4 is 5.97 Å². The minimum absolute atomic E-state index is 0.0838. The van der Waals surface area contributed by atoms with E-state index in [1.54, 1.807) is 12.1 Å². The third-order valence-electron chi connectivity index (χ3n) is 4.93. The lowest BCUT2D eigenvalue weighted by molar-refractivity contribution is -0.132. The van der Waals surface area contributed by atoms with Gasteiger partial charge < -0.3 is 19.6 Å². The van der Waals surface area contributed by atoms with Crippen LogP contribution in [0.2, 0.25) is 0 Å². The zero-order chi connectivity index (χ0) is 19.6. The molecule has 146 valence electrons. The summed E-state index contributed by atoms with van der Waals surface area (Å²) in [5.41, 5.74) is 1.97. The van der Waals surface area contributed by atoms with E-state index in [4.69, 9.17) is 4.74 Å². The van der Waals surface area contributed by atoms with Gasteiger partial charge in [-0.25, -0.2) is 9.18 Å². The van der Waals surface area contributed by atoms with E-state index in [1.165, 1.54) is 12.1 Å². The molecule has 1 saturated heterocycles. The number of morpholine rings is 1. The van der Waals surface area contributed by atoms with Crippen LogP contribution in [0.3, 0.4) is 0 Å². The third kappa shape index (κ3) is 4.14. The first-order valence-electron chi connectivity index (χ1n) is 9.05. The number of rotatable bonds is 5. The van der Waals surface area contributed by atoms with E-state index in [-0.39, 0.29) is 12.0 Å². The van der Waals surface area contributed by atoms with Gasteiger partial charge in [-0.2, -0.15) is 0 Å². The van der Waals surface area contributed by atoms with E-state index in [9.17, 15) is 14.3 Å². The number of benzene rings is 1. The standard InChI is InChI=1S/C20H26FN3O3/c1-14-12-17(23-8-10-27-11-9-23)24(13-15-4-6-16(21)7-5-15)19(22(2)3)18(14)20(25)26/h4-7,12,17H,8-11,13H2,1-3H3,(H,25,26). The summed E-state index contributed by atoms with van der Waals surface area (Å²) >= 11 is 0. The second-order valence-electron chi connectivity index (χ2n) is 7.06. The Labute approximate surface area is 159 Å². The summed E-state index contributed by atoms with van der Waals surface area (Å²) in [6, 6.07) is 6.34. The Morgan fingerprint density at radius 1 is 1.26 bits per heavy atom. The number of hydrogen-bond acceptors (Lipinski definition) is 5. The molecule has 0 bridgehead atoms. The van der Waals surface area contributed by atoms with Gasteiger partial charge in [-0.05, 0) is 36.3 Å². The van der Waals surface area contributed by atoms with Gasteiger partial charge in [0, 0.05) is 33.7 Å². The van der Waals surface area contributed by atoms with Gasteiger partial charge in [0.15, 0.2) is 0 Å². The lowest BCUT2D eigenvalue weighted by atomic mass is 10.00. The van der Waals surface area contributed by atoms with Crippen molar-refractivity contribution in [1.82, 2.24) is 14.7 Å². The van der Waals surface area contributed by atoms with Crippen LogP contribution in [0.5, 0.6) is 0 Å². The van der Waals surface area contributed by atoms with Crippen molar-refractivity contribution in [3.8, 4) is 0 Å². The molecule has 1 atom stereocenters. The Morgan fingerprint density at radius 3 is 2.44 bits per heavy atom. The molecule has 2 aliphatic rings. The fraction of sp³-hybridized carbons (Fsp3) is 0.450. The van der Waals surface area contributed by atoms with Crippen molar-refractivity contribution in [2.45, 2.75) is 19.6 Å². The van der Waals surface area contributed by atoms with E-state index in [0.29, 0.717) is 31.2 Å². The van der Waals surface area contributed by atoms with E-state index in [1.807, 2.05) is 32.0 Å². The predicted molar refractivity (Wildman–Crippen MR) is 100 cm³/mol. The van der Waals surface area contributed by atoms with Crippen LogP contribution in [-0.2, 0) is 16.1 Å². The van der Waals surface area contributed by atoms with Crippen molar-refractivity contribution in [3.05, 3.63) is 58.7 Å². The summed E-state index contributed by atoms with van der Waals surface area (Å²) in [6.45, 7) is 5.18. The molecule has 1 aromatic carbocycles. The molecule has 0 aliphatic carbocycles. The van der Waals surface area contributed by atoms with Crippen LogP contribution in [0.1, 0.15) is 12.5 Å². The topological polar surface area (TPSA) is 56.2 Å². The first kappa shape index (κ1) is 19.4. The van der Waals surface area contributed by atoms with Gasteiger partial charge in [0.05, 0.1) is 13.2 Å². The number of aliphatic carboxylic acids is 1. The highest BCUT2D eigenvalue weighted by molar-refractivity contribution is 5.92. The summed E-state index contributed by atoms with van der Waals surface area (Å²) in [5, 5.41) is 9.81. The molecule has 2 aliphatic heterocycles. The van der Waals surface area contributed by atoms with Gasteiger partial charge in [0.2, 0.25) is 0 Å². The zero-order valence-electron chi connectivity index (χ0n) is 16.0. The van der Waals surface area contributed by atoms with E-state index in [2.05, 4.69) is 9.80 Å². The van der Waals surface area contributed by atoms with Gasteiger partial charge in [-0.15, -0.1) is 0 Å². The normalized spacial score (nSPS) is 21.3. The van der Waals surface area contributed by atoms with Crippen LogP contribution in [0.15, 0.2) is 47.3 Å². The van der Waals surface area contributed by atoms with Crippen LogP contribution in [0.25, 0.3) is 0 Å². The third-order valence-corrected chi connectivity index (χ3v) is 4.93. The lowest BCUT2D eigenvalue weighted by Gasteiger charge is -2.46. The summed E-state index contributed by atoms with van der Waals surface area (Å²) in [4.78, 5) is 18.2. The number of carbonyl (C=O) groups is 1. The van der Waals surface area contributed by atoms with Gasteiger partial charge in [0.1, 0.15) is 23.4 Å². The van der Waals surface area contributed by atoms with E-state index in [0.717, 1.165) is 24.2 Å². The fourth-order valence-electron chi connectivity index (χ4n) is 3.69. The molecule has 1 N–H and O–H groups in total. The molecule has 6 nitrogen and oxygen atoms in total. The Hall–Kier alpha value is -2.38. The molecular weight excluding hydrogens is 349 g/mol. The number of halogens is 1. The maximum Gasteiger partial charge on any atom is 0.339 e. The maximum atomic E-state index is 13.3. The van der Waals surface area contributed by atoms with E-state index < -0.39 is 5.97 Å². The molecule has 1 fully saturated rings. The molecule has 1 aromatic rings. The zero-order valence-corrected chi connectivity index (χ0v) is 16.0. The SMILES string of the molecule is CC1=CC(N2CCOCC2)N(Cc2ccc(F)cc2)C(N(C)C)=C1C(=O)O. The average Bonchev–Trinajstić information content (AvgIpc) is 2.64. The molecule has 0 amide bonds. The quantitative estimate of drug-likeness (QED) is 0.851. The second-order valence-corrected chi connectivity index (χ2v) is 7.06. The lowest BCUT2D eigenvalue weighted by Crippen LogP contribution is -2.54. The van der Waals surface area contributed by atoms with Gasteiger partial charge >= 0.3 is 5.97 Å². The molecule has 3 rings (SSSR count). The molecule has 0 saturated carbocycles. The minimum Gasteiger partial charge on any atom is -0.478 e. The molecule has 0 aromatic heterocycles. The molecule has 7 heteroatoms. The number of nitrogens with zero attached hydrogens (tertiary/aromatic N) is 3. The van der Waals surface area contributed by atoms with Gasteiger partial charge in [-0.3, -0.25) is 4.90 Å². The Morgan fingerprint density at radius 2 is 1.89 bits per heavy atom. The predicted octanol–water partition coefficient (Wildman–Crippen LogP) is 2.10. The number of carboxylic acid groups (broad SMARTS) is 1. The number of carboxylic acids is 1. The van der Waals surface area contributed by atoms with Gasteiger partial charge in [-0.1, -0.05) is 12.1 Å². The maximum absolute atomic E-state index is 13.3. The van der Waals surface area contributed by atoms with Gasteiger partial charge in [0.25, 0.3) is 0 Å². The first-order valence-corrected chi connectivity index (χ1v) is 9.05. The molecule has 1 unspecified atom stereocenters. The summed E-state index contributed by atoms with van der Waals surface area (Å²) < 4.78 is 18.8. The highest BCUT2D eigenvalue weighted by atomic mass is 19.1. The monoisotopic (exact) mass is 375 g/mol. The molecule has 0 spiro atoms. The smallest absolute Gasteiger partial charge is 0.339 e. The molecule has 27 heavy (non-hydrogen) atoms. The van der Waals surface area contributed by atoms with Crippen molar-refractivity contribution in [2.75, 3.05) is 40.4 Å². The van der Waals surface area contributed by atoms with Crippen LogP contribution in [0.4, 0.5) is 4.39 Å². The number of ether oxygens (including phenoxy) is 1. The highest BCUT2D eigenvalue weighted by Crippen LogP contribution is 2.32. The van der Waals surface area contributed by atoms with Crippen molar-refractivity contribution < 1.29 is 19.0 Å². The Bertz CT molecular complexity index is 752. The fourth-order valence-corrected chi connectivity index (χ4v) is 3.69. The van der Waals surface area contributed by atoms with Crippen LogP contribution >= 0.6 is 0 Å². The molecule has 0 radical (unpaired) electrons. The summed E-state index contributed by atoms with van der Waals surface area (Å²) in [6.07, 6.45) is 1.92. The number of hydrogen-bond donors (Lipinski definition) is 1. The average molecular weight is 375 g/mol. The summed E-state index contributed by atoms with van der Waals surface area (Å²) in [5.74, 6) is -0.576. The highest BCUT2D eigenvalue weighted by Gasteiger charge is 2.35. The second kappa shape index (κ2) is 8.10. The van der Waals surface area contributed by atoms with Crippen molar-refractivity contribution in [3.63, 3.8) is 0 Å². The van der Waals surface area contributed by atoms with Crippen LogP contribution in [0, 0.1) is 5.82 Å². The van der Waals surface area contributed by atoms with E-state index >= 15 is 0 Å². The van der Waals surface area contributed by atoms with Crippen molar-refractivity contribution in [1.29, 1.82) is 0 Å². The van der Waals surface area contributed by atoms with Crippen LogP contribution in [-0.4, -0.2) is 72.3 Å².